The zero-order chi connectivity index (χ0) is 24.4. The minimum atomic E-state index is -0.122. The summed E-state index contributed by atoms with van der Waals surface area (Å²) in [5, 5.41) is 14.5. The number of H-pyrrole nitrogens is 1. The Bertz CT molecular complexity index is 1480. The summed E-state index contributed by atoms with van der Waals surface area (Å²) in [5.41, 5.74) is 4.73. The molecule has 5 aromatic rings. The molecule has 0 unspecified atom stereocenters. The number of nitrogens with one attached hydrogen (secondary N) is 1. The van der Waals surface area contributed by atoms with E-state index < -0.39 is 0 Å². The molecule has 0 spiro atoms. The molecule has 0 bridgehead atoms. The molecular weight excluding hydrogens is 464 g/mol. The van der Waals surface area contributed by atoms with Gasteiger partial charge in [0.2, 0.25) is 0 Å². The average Bonchev–Trinajstić information content (AvgIpc) is 3.60. The molecule has 0 fully saturated rings. The Balaban J connectivity index is 1.54. The van der Waals surface area contributed by atoms with E-state index in [1.54, 1.807) is 16.8 Å². The summed E-state index contributed by atoms with van der Waals surface area (Å²) in [6, 6.07) is 11.7. The average molecular weight is 489 g/mol. The van der Waals surface area contributed by atoms with Crippen LogP contribution in [0.25, 0.3) is 28.3 Å². The number of pyridine rings is 1. The van der Waals surface area contributed by atoms with Gasteiger partial charge >= 0.3 is 5.69 Å². The van der Waals surface area contributed by atoms with Crippen LogP contribution in [0.4, 0.5) is 0 Å². The van der Waals surface area contributed by atoms with E-state index in [4.69, 9.17) is 11.6 Å². The van der Waals surface area contributed by atoms with Crippen LogP contribution in [0.1, 0.15) is 31.0 Å². The van der Waals surface area contributed by atoms with Crippen molar-refractivity contribution in [2.24, 2.45) is 7.05 Å². The van der Waals surface area contributed by atoms with Gasteiger partial charge in [-0.15, -0.1) is 5.10 Å². The van der Waals surface area contributed by atoms with E-state index in [2.05, 4.69) is 32.5 Å². The van der Waals surface area contributed by atoms with Crippen molar-refractivity contribution in [3.63, 3.8) is 0 Å². The summed E-state index contributed by atoms with van der Waals surface area (Å²) < 4.78 is 5.33. The Kier molecular flexibility index (Phi) is 6.33. The number of nitrogens with zero attached hydrogens (tertiary/aromatic N) is 7. The third-order valence-electron chi connectivity index (χ3n) is 6.12. The van der Waals surface area contributed by atoms with Crippen LogP contribution in [-0.4, -0.2) is 39.3 Å². The monoisotopic (exact) mass is 488 g/mol. The largest absolute Gasteiger partial charge is 0.336 e. The van der Waals surface area contributed by atoms with Crippen molar-refractivity contribution in [3.05, 3.63) is 87.9 Å². The van der Waals surface area contributed by atoms with Gasteiger partial charge in [0, 0.05) is 43.1 Å². The van der Waals surface area contributed by atoms with Crippen LogP contribution in [0.2, 0.25) is 5.02 Å². The standard InChI is InChI=1S/C25H25ClN8O/c1-3-4-5-20-16-34(24-22(26)11-13-32(24)2)25(35)33(20)15-19-14-27-12-10-21(19)17-6-8-18(9-7-17)23-28-30-31-29-23/h6-14,16H,3-5,15H2,1-2H3,(H,28,29,30,31). The van der Waals surface area contributed by atoms with Crippen LogP contribution >= 0.6 is 11.6 Å². The maximum Gasteiger partial charge on any atom is 0.334 e. The smallest absolute Gasteiger partial charge is 0.334 e. The minimum absolute atomic E-state index is 0.122. The second kappa shape index (κ2) is 9.71. The molecule has 4 heterocycles. The molecule has 1 N–H and O–H groups in total. The Morgan fingerprint density at radius 1 is 1.09 bits per heavy atom. The first-order valence-corrected chi connectivity index (χ1v) is 11.8. The molecule has 35 heavy (non-hydrogen) atoms. The number of rotatable bonds is 8. The van der Waals surface area contributed by atoms with E-state index in [1.165, 1.54) is 0 Å². The van der Waals surface area contributed by atoms with Crippen molar-refractivity contribution < 1.29 is 0 Å². The number of aryl methyl sites for hydroxylation is 2. The number of hydrogen-bond donors (Lipinski definition) is 1. The first-order chi connectivity index (χ1) is 17.1. The number of hydrogen-bond acceptors (Lipinski definition) is 5. The van der Waals surface area contributed by atoms with Gasteiger partial charge in [-0.25, -0.2) is 9.89 Å². The Labute approximate surface area is 207 Å². The number of unbranched alkanes of at least 4 members (excludes halogenated alkanes) is 1. The van der Waals surface area contributed by atoms with Crippen LogP contribution in [0.3, 0.4) is 0 Å². The van der Waals surface area contributed by atoms with Gasteiger partial charge in [0.15, 0.2) is 5.82 Å². The summed E-state index contributed by atoms with van der Waals surface area (Å²) >= 11 is 6.42. The van der Waals surface area contributed by atoms with Crippen LogP contribution in [0.5, 0.6) is 0 Å². The van der Waals surface area contributed by atoms with E-state index in [-0.39, 0.29) is 5.69 Å². The first-order valence-electron chi connectivity index (χ1n) is 11.5. The van der Waals surface area contributed by atoms with Crippen molar-refractivity contribution in [1.29, 1.82) is 0 Å². The normalized spacial score (nSPS) is 11.3. The number of tetrazole rings is 1. The number of aromatic nitrogens is 8. The molecular formula is C25H25ClN8O. The molecule has 178 valence electrons. The highest BCUT2D eigenvalue weighted by atomic mass is 35.5. The van der Waals surface area contributed by atoms with Gasteiger partial charge in [0.1, 0.15) is 5.82 Å². The lowest BCUT2D eigenvalue weighted by molar-refractivity contribution is 0.670. The van der Waals surface area contributed by atoms with Crippen molar-refractivity contribution in [3.8, 4) is 28.3 Å². The summed E-state index contributed by atoms with van der Waals surface area (Å²) in [7, 11) is 1.88. The lowest BCUT2D eigenvalue weighted by Gasteiger charge is -2.12. The molecule has 0 amide bonds. The summed E-state index contributed by atoms with van der Waals surface area (Å²) in [6.45, 7) is 2.55. The van der Waals surface area contributed by atoms with Gasteiger partial charge in [-0.1, -0.05) is 49.2 Å². The Morgan fingerprint density at radius 3 is 2.57 bits per heavy atom. The molecule has 0 aliphatic heterocycles. The van der Waals surface area contributed by atoms with E-state index in [0.29, 0.717) is 23.2 Å². The quantitative estimate of drug-likeness (QED) is 0.351. The highest BCUT2D eigenvalue weighted by Crippen LogP contribution is 2.27. The predicted molar refractivity (Wildman–Crippen MR) is 135 cm³/mol. The van der Waals surface area contributed by atoms with Crippen molar-refractivity contribution in [1.82, 2.24) is 39.3 Å². The van der Waals surface area contributed by atoms with Crippen LogP contribution < -0.4 is 5.69 Å². The molecule has 1 aromatic carbocycles. The van der Waals surface area contributed by atoms with Crippen LogP contribution in [-0.2, 0) is 20.0 Å². The van der Waals surface area contributed by atoms with Crippen molar-refractivity contribution in [2.75, 3.05) is 0 Å². The van der Waals surface area contributed by atoms with Gasteiger partial charge in [0.25, 0.3) is 0 Å². The molecule has 9 nitrogen and oxygen atoms in total. The molecule has 0 radical (unpaired) electrons. The fourth-order valence-corrected chi connectivity index (χ4v) is 4.56. The van der Waals surface area contributed by atoms with Gasteiger partial charge in [-0.05, 0) is 52.1 Å². The third-order valence-corrected chi connectivity index (χ3v) is 6.41. The summed E-state index contributed by atoms with van der Waals surface area (Å²) in [5.74, 6) is 1.27. The highest BCUT2D eigenvalue weighted by molar-refractivity contribution is 6.32. The molecule has 0 atom stereocenters. The molecule has 0 aliphatic carbocycles. The number of aromatic amines is 1. The molecule has 0 saturated heterocycles. The molecule has 4 aromatic heterocycles. The van der Waals surface area contributed by atoms with E-state index in [0.717, 1.165) is 47.2 Å². The van der Waals surface area contributed by atoms with E-state index in [1.807, 2.05) is 65.1 Å². The lowest BCUT2D eigenvalue weighted by Crippen LogP contribution is -2.26. The lowest BCUT2D eigenvalue weighted by atomic mass is 10.00. The van der Waals surface area contributed by atoms with Crippen molar-refractivity contribution >= 4 is 11.6 Å². The third kappa shape index (κ3) is 4.42. The molecule has 10 heteroatoms. The van der Waals surface area contributed by atoms with Crippen molar-refractivity contribution in [2.45, 2.75) is 32.7 Å². The Morgan fingerprint density at radius 2 is 1.89 bits per heavy atom. The Hall–Kier alpha value is -3.98. The number of benzene rings is 1. The fraction of sp³-hybridized carbons (Fsp3) is 0.240. The first kappa shape index (κ1) is 22.8. The maximum atomic E-state index is 13.6. The zero-order valence-corrected chi connectivity index (χ0v) is 20.3. The van der Waals surface area contributed by atoms with E-state index >= 15 is 0 Å². The second-order valence-electron chi connectivity index (χ2n) is 8.42. The van der Waals surface area contributed by atoms with Gasteiger partial charge in [-0.3, -0.25) is 14.1 Å². The topological polar surface area (TPSA) is 99.2 Å². The molecule has 0 saturated carbocycles. The van der Waals surface area contributed by atoms with E-state index in [9.17, 15) is 4.79 Å². The minimum Gasteiger partial charge on any atom is -0.336 e. The second-order valence-corrected chi connectivity index (χ2v) is 8.83. The number of halogens is 1. The molecule has 0 aliphatic rings. The zero-order valence-electron chi connectivity index (χ0n) is 19.5. The SMILES string of the molecule is CCCCc1cn(-c2c(Cl)ccn2C)c(=O)n1Cc1cnccc1-c1ccc(-c2nnn[nH]2)cc1. The number of imidazole rings is 1. The van der Waals surface area contributed by atoms with Gasteiger partial charge in [0.05, 0.1) is 11.6 Å². The maximum absolute atomic E-state index is 13.6. The van der Waals surface area contributed by atoms with Crippen LogP contribution in [0.15, 0.2) is 66.0 Å². The van der Waals surface area contributed by atoms with Crippen LogP contribution in [0, 0.1) is 0 Å². The predicted octanol–water partition coefficient (Wildman–Crippen LogP) is 4.26. The fourth-order valence-electron chi connectivity index (χ4n) is 4.28. The summed E-state index contributed by atoms with van der Waals surface area (Å²) in [4.78, 5) is 17.9. The summed E-state index contributed by atoms with van der Waals surface area (Å²) in [6.07, 6.45) is 10.2. The van der Waals surface area contributed by atoms with Gasteiger partial charge < -0.3 is 4.57 Å². The van der Waals surface area contributed by atoms with Gasteiger partial charge in [-0.2, -0.15) is 0 Å². The molecule has 5 rings (SSSR count). The highest BCUT2D eigenvalue weighted by Gasteiger charge is 2.18.